The van der Waals surface area contributed by atoms with Crippen molar-refractivity contribution in [3.63, 3.8) is 0 Å². The lowest BCUT2D eigenvalue weighted by molar-refractivity contribution is -0.127. The third-order valence-corrected chi connectivity index (χ3v) is 4.59. The predicted molar refractivity (Wildman–Crippen MR) is 99.8 cm³/mol. The number of fused-ring (bicyclic) bond motifs is 1. The molecular formula is C20H15N5O3. The molecule has 2 aromatic rings. The second kappa shape index (κ2) is 6.96. The van der Waals surface area contributed by atoms with E-state index in [1.54, 1.807) is 4.90 Å². The summed E-state index contributed by atoms with van der Waals surface area (Å²) in [6.07, 6.45) is 11.1. The Morgan fingerprint density at radius 1 is 1.32 bits per heavy atom. The predicted octanol–water partition coefficient (Wildman–Crippen LogP) is 1.56. The van der Waals surface area contributed by atoms with Crippen LogP contribution in [0, 0.1) is 11.3 Å². The fourth-order valence-corrected chi connectivity index (χ4v) is 3.11. The van der Waals surface area contributed by atoms with Crippen LogP contribution in [0.1, 0.15) is 17.5 Å². The largest absolute Gasteiger partial charge is 0.505 e. The summed E-state index contributed by atoms with van der Waals surface area (Å²) in [5.74, 6) is -0.393. The van der Waals surface area contributed by atoms with Crippen molar-refractivity contribution in [2.45, 2.75) is 12.8 Å². The first-order valence-electron chi connectivity index (χ1n) is 8.59. The maximum absolute atomic E-state index is 12.6. The molecule has 8 heteroatoms. The maximum atomic E-state index is 12.6. The third-order valence-electron chi connectivity index (χ3n) is 4.59. The van der Waals surface area contributed by atoms with Crippen molar-refractivity contribution in [1.82, 2.24) is 19.9 Å². The molecule has 2 aromatic heterocycles. The summed E-state index contributed by atoms with van der Waals surface area (Å²) in [5.41, 5.74) is 2.22. The Kier molecular flexibility index (Phi) is 4.33. The summed E-state index contributed by atoms with van der Waals surface area (Å²) in [7, 11) is 0. The molecule has 8 nitrogen and oxygen atoms in total. The Morgan fingerprint density at radius 2 is 2.18 bits per heavy atom. The number of H-pyrrole nitrogens is 1. The topological polar surface area (TPSA) is 123 Å². The van der Waals surface area contributed by atoms with Crippen LogP contribution in [0.2, 0.25) is 0 Å². The molecule has 0 radical (unpaired) electrons. The van der Waals surface area contributed by atoms with Gasteiger partial charge >= 0.3 is 0 Å². The minimum atomic E-state index is -0.478. The standard InChI is InChI=1S/C20H15N5O3/c21-7-12-5-16(26)18(22-8-12)19-23-9-15(20(28)24-19)6-17(27)25-10-13-3-1-2-4-14(13)11-25/h1-3,5,8-9,11,26H,4,6,10H2,(H,23,24,28). The Balaban J connectivity index is 1.53. The molecule has 28 heavy (non-hydrogen) atoms. The summed E-state index contributed by atoms with van der Waals surface area (Å²) < 4.78 is 0. The lowest BCUT2D eigenvalue weighted by atomic mass is 10.0. The van der Waals surface area contributed by atoms with Crippen molar-refractivity contribution in [2.24, 2.45) is 0 Å². The van der Waals surface area contributed by atoms with Crippen LogP contribution < -0.4 is 5.56 Å². The monoisotopic (exact) mass is 373 g/mol. The van der Waals surface area contributed by atoms with E-state index < -0.39 is 5.56 Å². The average molecular weight is 373 g/mol. The van der Waals surface area contributed by atoms with Gasteiger partial charge in [0.2, 0.25) is 5.91 Å². The minimum Gasteiger partial charge on any atom is -0.505 e. The lowest BCUT2D eigenvalue weighted by Gasteiger charge is -2.13. The number of aromatic hydroxyl groups is 1. The molecule has 0 aromatic carbocycles. The second-order valence-electron chi connectivity index (χ2n) is 6.47. The van der Waals surface area contributed by atoms with Crippen molar-refractivity contribution < 1.29 is 9.90 Å². The number of nitrogens with one attached hydrogen (secondary N) is 1. The van der Waals surface area contributed by atoms with Crippen molar-refractivity contribution >= 4 is 5.91 Å². The van der Waals surface area contributed by atoms with Crippen LogP contribution in [0.15, 0.2) is 58.8 Å². The van der Waals surface area contributed by atoms with Crippen molar-refractivity contribution in [3.8, 4) is 23.3 Å². The van der Waals surface area contributed by atoms with E-state index in [0.717, 1.165) is 17.6 Å². The van der Waals surface area contributed by atoms with Gasteiger partial charge in [0.25, 0.3) is 5.56 Å². The molecule has 1 aliphatic carbocycles. The summed E-state index contributed by atoms with van der Waals surface area (Å²) >= 11 is 0. The number of aromatic amines is 1. The second-order valence-corrected chi connectivity index (χ2v) is 6.47. The lowest BCUT2D eigenvalue weighted by Crippen LogP contribution is -2.28. The zero-order valence-electron chi connectivity index (χ0n) is 14.7. The summed E-state index contributed by atoms with van der Waals surface area (Å²) in [5, 5.41) is 18.8. The van der Waals surface area contributed by atoms with Gasteiger partial charge in [0.1, 0.15) is 17.5 Å². The summed E-state index contributed by atoms with van der Waals surface area (Å²) in [6, 6.07) is 3.10. The Morgan fingerprint density at radius 3 is 2.89 bits per heavy atom. The van der Waals surface area contributed by atoms with E-state index in [2.05, 4.69) is 15.0 Å². The highest BCUT2D eigenvalue weighted by Gasteiger charge is 2.24. The van der Waals surface area contributed by atoms with Crippen molar-refractivity contribution in [2.75, 3.05) is 6.54 Å². The molecule has 2 N–H and O–H groups in total. The summed E-state index contributed by atoms with van der Waals surface area (Å²) in [6.45, 7) is 0.505. The van der Waals surface area contributed by atoms with Gasteiger partial charge in [0, 0.05) is 30.2 Å². The average Bonchev–Trinajstić information content (AvgIpc) is 3.14. The van der Waals surface area contributed by atoms with E-state index in [9.17, 15) is 14.7 Å². The Hall–Kier alpha value is -3.99. The minimum absolute atomic E-state index is 0.0572. The first kappa shape index (κ1) is 17.4. The molecule has 2 aliphatic rings. The number of amides is 1. The van der Waals surface area contributed by atoms with E-state index in [1.807, 2.05) is 30.5 Å². The van der Waals surface area contributed by atoms with E-state index in [-0.39, 0.29) is 40.7 Å². The molecule has 0 saturated carbocycles. The molecule has 4 rings (SSSR count). The van der Waals surface area contributed by atoms with Crippen LogP contribution in [0.4, 0.5) is 0 Å². The van der Waals surface area contributed by atoms with E-state index >= 15 is 0 Å². The molecule has 0 bridgehead atoms. The normalized spacial score (nSPS) is 14.9. The van der Waals surface area contributed by atoms with E-state index in [0.29, 0.717) is 6.54 Å². The number of pyridine rings is 1. The van der Waals surface area contributed by atoms with Crippen LogP contribution in [0.5, 0.6) is 5.75 Å². The van der Waals surface area contributed by atoms with E-state index in [4.69, 9.17) is 5.26 Å². The fraction of sp³-hybridized carbons (Fsp3) is 0.150. The first-order chi connectivity index (χ1) is 13.5. The van der Waals surface area contributed by atoms with Gasteiger partial charge in [0.05, 0.1) is 18.5 Å². The van der Waals surface area contributed by atoms with Gasteiger partial charge in [-0.2, -0.15) is 5.26 Å². The number of allylic oxidation sites excluding steroid dienone is 3. The molecule has 3 heterocycles. The Labute approximate surface area is 159 Å². The fourth-order valence-electron chi connectivity index (χ4n) is 3.11. The highest BCUT2D eigenvalue weighted by molar-refractivity contribution is 5.81. The zero-order valence-corrected chi connectivity index (χ0v) is 14.7. The molecule has 1 amide bonds. The molecule has 0 unspecified atom stereocenters. The van der Waals surface area contributed by atoms with Gasteiger partial charge in [-0.1, -0.05) is 18.2 Å². The first-order valence-corrected chi connectivity index (χ1v) is 8.59. The molecule has 1 aliphatic heterocycles. The van der Waals surface area contributed by atoms with Gasteiger partial charge in [0.15, 0.2) is 5.82 Å². The SMILES string of the molecule is N#Cc1cnc(-c2ncc(CC(=O)N3C=C4CC=CC=C4C3)c(=O)[nH]2)c(O)c1. The quantitative estimate of drug-likeness (QED) is 0.842. The highest BCUT2D eigenvalue weighted by atomic mass is 16.3. The third kappa shape index (κ3) is 3.21. The maximum Gasteiger partial charge on any atom is 0.254 e. The summed E-state index contributed by atoms with van der Waals surface area (Å²) in [4.78, 5) is 37.2. The van der Waals surface area contributed by atoms with Crippen LogP contribution in [0.25, 0.3) is 11.5 Å². The van der Waals surface area contributed by atoms with Gasteiger partial charge in [-0.25, -0.2) is 9.97 Å². The number of hydrogen-bond donors (Lipinski definition) is 2. The smallest absolute Gasteiger partial charge is 0.254 e. The number of carbonyl (C=O) groups excluding carboxylic acids is 1. The van der Waals surface area contributed by atoms with Gasteiger partial charge in [-0.05, 0) is 17.6 Å². The highest BCUT2D eigenvalue weighted by Crippen LogP contribution is 2.27. The molecule has 0 spiro atoms. The number of nitrogens with zero attached hydrogens (tertiary/aromatic N) is 4. The molecular weight excluding hydrogens is 358 g/mol. The van der Waals surface area contributed by atoms with Crippen molar-refractivity contribution in [3.05, 3.63) is 75.5 Å². The Bertz CT molecular complexity index is 1170. The number of carbonyl (C=O) groups is 1. The van der Waals surface area contributed by atoms with Crippen LogP contribution in [-0.2, 0) is 11.2 Å². The zero-order chi connectivity index (χ0) is 19.7. The molecule has 138 valence electrons. The van der Waals surface area contributed by atoms with Gasteiger partial charge < -0.3 is 15.0 Å². The van der Waals surface area contributed by atoms with Crippen LogP contribution >= 0.6 is 0 Å². The molecule has 0 saturated heterocycles. The number of aromatic nitrogens is 3. The van der Waals surface area contributed by atoms with Crippen LogP contribution in [0.3, 0.4) is 0 Å². The molecule has 0 fully saturated rings. The number of rotatable bonds is 3. The number of nitriles is 1. The molecule has 0 atom stereocenters. The van der Waals surface area contributed by atoms with Gasteiger partial charge in [-0.3, -0.25) is 9.59 Å². The van der Waals surface area contributed by atoms with Gasteiger partial charge in [-0.15, -0.1) is 0 Å². The van der Waals surface area contributed by atoms with Crippen molar-refractivity contribution in [1.29, 1.82) is 5.26 Å². The van der Waals surface area contributed by atoms with Crippen LogP contribution in [-0.4, -0.2) is 37.4 Å². The number of hydrogen-bond acceptors (Lipinski definition) is 6. The van der Waals surface area contributed by atoms with E-state index in [1.165, 1.54) is 18.5 Å².